The van der Waals surface area contributed by atoms with Gasteiger partial charge in [0.05, 0.1) is 18.4 Å². The van der Waals surface area contributed by atoms with E-state index in [9.17, 15) is 14.4 Å². The van der Waals surface area contributed by atoms with Gasteiger partial charge in [-0.05, 0) is 148 Å². The van der Waals surface area contributed by atoms with Crippen LogP contribution in [0.3, 0.4) is 0 Å². The molecule has 0 spiro atoms. The van der Waals surface area contributed by atoms with Gasteiger partial charge >= 0.3 is 6.09 Å². The molecule has 2 saturated heterocycles. The molecule has 15 rings (SSSR count). The van der Waals surface area contributed by atoms with E-state index in [1.807, 2.05) is 168 Å². The number of hydrogen-bond donors (Lipinski definition) is 1. The number of alkyl halides is 2. The summed E-state index contributed by atoms with van der Waals surface area (Å²) in [6, 6.07) is 65.7. The number of fused-ring (bicyclic) bond motifs is 4. The van der Waals surface area contributed by atoms with E-state index in [1.54, 1.807) is 17.3 Å². The number of nitrogens with zero attached hydrogens (tertiary/aromatic N) is 7. The van der Waals surface area contributed by atoms with Crippen LogP contribution < -0.4 is 24.9 Å². The van der Waals surface area contributed by atoms with Crippen LogP contribution in [0.25, 0.3) is 44.9 Å². The van der Waals surface area contributed by atoms with Crippen molar-refractivity contribution in [3.05, 3.63) is 285 Å². The molecule has 3 amide bonds. The third-order valence-electron chi connectivity index (χ3n) is 17.5. The van der Waals surface area contributed by atoms with E-state index >= 15 is 0 Å². The number of amides is 3. The molecule has 0 bridgehead atoms. The minimum absolute atomic E-state index is 0.144. The molecule has 0 aliphatic carbocycles. The molecule has 4 aliphatic rings. The number of rotatable bonds is 12. The molecule has 11 aromatic rings. The van der Waals surface area contributed by atoms with Crippen LogP contribution in [-0.4, -0.2) is 96.0 Å². The highest BCUT2D eigenvalue weighted by Crippen LogP contribution is 2.42. The monoisotopic (exact) mass is 1540 g/mol. The molecule has 14 nitrogen and oxygen atoms in total. The second-order valence-corrected chi connectivity index (χ2v) is 40.9. The Bertz CT molecular complexity index is 4600. The summed E-state index contributed by atoms with van der Waals surface area (Å²) in [4.78, 5) is 60.5. The molecule has 0 atom stereocenters. The lowest BCUT2D eigenvalue weighted by Gasteiger charge is -2.36. The largest absolute Gasteiger partial charge is 0.451 e. The molecule has 0 unspecified atom stereocenters. The first-order chi connectivity index (χ1) is 48.5. The number of benzene rings is 7. The second kappa shape index (κ2) is 33.2. The van der Waals surface area contributed by atoms with Gasteiger partial charge in [-0.3, -0.25) is 19.6 Å². The predicted molar refractivity (Wildman–Crippen MR) is 417 cm³/mol. The van der Waals surface area contributed by atoms with Crippen molar-refractivity contribution < 1.29 is 28.0 Å². The molecule has 4 aromatic heterocycles. The van der Waals surface area contributed by atoms with E-state index in [0.29, 0.717) is 85.2 Å². The molecular weight excluding hydrogens is 1470 g/mol. The van der Waals surface area contributed by atoms with Crippen molar-refractivity contribution in [2.75, 3.05) is 77.3 Å². The van der Waals surface area contributed by atoms with Crippen molar-refractivity contribution in [3.8, 4) is 44.9 Å². The number of ether oxygens (including phenoxy) is 1. The van der Waals surface area contributed by atoms with Gasteiger partial charge in [-0.15, -0.1) is 45.0 Å². The van der Waals surface area contributed by atoms with Crippen molar-refractivity contribution in [2.45, 2.75) is 52.2 Å². The summed E-state index contributed by atoms with van der Waals surface area (Å²) in [7, 11) is 0. The average Bonchev–Trinajstić information content (AvgIpc) is 1.54. The number of carbonyl (C=O) groups is 3. The summed E-state index contributed by atoms with van der Waals surface area (Å²) in [6.45, 7) is 14.2. The number of hydrogen-bond acceptors (Lipinski definition) is 11. The van der Waals surface area contributed by atoms with Gasteiger partial charge in [-0.1, -0.05) is 134 Å². The molecular formula is C80H75Cl4IN8O6Si. The lowest BCUT2D eigenvalue weighted by molar-refractivity contribution is 0.0939. The first kappa shape index (κ1) is 71.1. The number of furan rings is 2. The second-order valence-electron chi connectivity index (χ2n) is 25.4. The molecule has 510 valence electrons. The summed E-state index contributed by atoms with van der Waals surface area (Å²) >= 11 is 24.3. The first-order valence-corrected chi connectivity index (χ1v) is 41.6. The Balaban J connectivity index is 0.000000174. The summed E-state index contributed by atoms with van der Waals surface area (Å²) in [5.41, 5.74) is 16.0. The van der Waals surface area contributed by atoms with E-state index in [1.165, 1.54) is 5.69 Å². The Morgan fingerprint density at radius 2 is 0.950 bits per heavy atom. The Morgan fingerprint density at radius 3 is 1.39 bits per heavy atom. The van der Waals surface area contributed by atoms with Gasteiger partial charge in [-0.25, -0.2) is 4.79 Å². The van der Waals surface area contributed by atoms with Crippen LogP contribution in [0.15, 0.2) is 234 Å². The molecule has 0 saturated carbocycles. The van der Waals surface area contributed by atoms with E-state index < -0.39 is 5.57 Å². The number of halogens is 5. The number of nitrogens with one attached hydrogen (secondary N) is 1. The van der Waals surface area contributed by atoms with Gasteiger partial charge in [0, 0.05) is 156 Å². The maximum absolute atomic E-state index is 14.5. The number of piperazine rings is 2. The van der Waals surface area contributed by atoms with Gasteiger partial charge in [-0.2, -0.15) is 0 Å². The third-order valence-corrected chi connectivity index (χ3v) is 18.0. The third kappa shape index (κ3) is 17.7. The fourth-order valence-corrected chi connectivity index (χ4v) is 12.9. The summed E-state index contributed by atoms with van der Waals surface area (Å²) in [5, 5.41) is 4.92. The zero-order chi connectivity index (χ0) is 69.7. The van der Waals surface area contributed by atoms with Crippen LogP contribution >= 0.6 is 68.2 Å². The van der Waals surface area contributed by atoms with Gasteiger partial charge in [0.1, 0.15) is 23.7 Å². The molecule has 100 heavy (non-hydrogen) atoms. The Morgan fingerprint density at radius 1 is 0.520 bits per heavy atom. The fourth-order valence-electron chi connectivity index (χ4n) is 12.7. The highest BCUT2D eigenvalue weighted by molar-refractivity contribution is 14.1. The van der Waals surface area contributed by atoms with Crippen LogP contribution in [0.1, 0.15) is 60.1 Å². The van der Waals surface area contributed by atoms with Crippen molar-refractivity contribution in [3.63, 3.8) is 0 Å². The number of pyridine rings is 2. The van der Waals surface area contributed by atoms with Crippen molar-refractivity contribution in [1.82, 2.24) is 20.2 Å². The number of anilines is 4. The Hall–Kier alpha value is -8.72. The molecule has 2 fully saturated rings. The minimum Gasteiger partial charge on any atom is -0.451 e. The summed E-state index contributed by atoms with van der Waals surface area (Å²) < 4.78 is 18.3. The molecule has 0 radical (unpaired) electrons. The van der Waals surface area contributed by atoms with Gasteiger partial charge in [0.15, 0.2) is 11.5 Å². The molecule has 20 heteroatoms. The first-order valence-electron chi connectivity index (χ1n) is 33.2. The SMILES string of the molecule is C[Si](C)(C)I.ClCCl.O=C(OCc1ccccc1)N1CCN(c2ccc3c(c2)Cc2cc(-c4ccc(Cl)cc4)oc2C(=O)N3Cc2ccccc2-c2cccnc2)CC1.O=C1c2oc(-c3ccc(Cl)cc3)cc2Cc2cc(N3CCNCC3)ccc2N1Cc1ccccc1-c1cccnc1. The lowest BCUT2D eigenvalue weighted by atomic mass is 10.00. The molecule has 8 heterocycles. The van der Waals surface area contributed by atoms with E-state index in [4.69, 9.17) is 60.0 Å². The Kier molecular flexibility index (Phi) is 23.6. The van der Waals surface area contributed by atoms with Gasteiger partial charge in [0.2, 0.25) is 0 Å². The number of carbonyl (C=O) groups excluding carboxylic acids is 3. The van der Waals surface area contributed by atoms with Crippen molar-refractivity contribution in [1.29, 1.82) is 0 Å². The van der Waals surface area contributed by atoms with Crippen LogP contribution in [0.4, 0.5) is 27.5 Å². The summed E-state index contributed by atoms with van der Waals surface area (Å²) in [6.07, 6.45) is 8.06. The number of aromatic nitrogens is 2. The average molecular weight is 1540 g/mol. The maximum Gasteiger partial charge on any atom is 0.410 e. The lowest BCUT2D eigenvalue weighted by Crippen LogP contribution is -2.49. The van der Waals surface area contributed by atoms with Crippen molar-refractivity contribution in [2.24, 2.45) is 0 Å². The van der Waals surface area contributed by atoms with Gasteiger partial charge < -0.3 is 43.4 Å². The quantitative estimate of drug-likeness (QED) is 0.0541. The van der Waals surface area contributed by atoms with Crippen LogP contribution in [-0.2, 0) is 37.3 Å². The highest BCUT2D eigenvalue weighted by Gasteiger charge is 2.35. The van der Waals surface area contributed by atoms with Gasteiger partial charge in [0.25, 0.3) is 11.8 Å². The van der Waals surface area contributed by atoms with Crippen LogP contribution in [0, 0.1) is 0 Å². The minimum atomic E-state index is -0.641. The zero-order valence-electron chi connectivity index (χ0n) is 55.7. The van der Waals surface area contributed by atoms with E-state index in [-0.39, 0.29) is 29.9 Å². The maximum atomic E-state index is 14.5. The smallest absolute Gasteiger partial charge is 0.410 e. The van der Waals surface area contributed by atoms with E-state index in [2.05, 4.69) is 121 Å². The zero-order valence-corrected chi connectivity index (χ0v) is 61.9. The fraction of sp³-hybridized carbons (Fsp3) is 0.212. The predicted octanol–water partition coefficient (Wildman–Crippen LogP) is 19.4. The Labute approximate surface area is 617 Å². The van der Waals surface area contributed by atoms with Crippen LogP contribution in [0.2, 0.25) is 29.7 Å². The van der Waals surface area contributed by atoms with Crippen LogP contribution in [0.5, 0.6) is 0 Å². The molecule has 4 aliphatic heterocycles. The topological polar surface area (TPSA) is 141 Å². The highest BCUT2D eigenvalue weighted by atomic mass is 127. The molecule has 1 N–H and O–H groups in total. The summed E-state index contributed by atoms with van der Waals surface area (Å²) in [5.74, 6) is 1.66. The van der Waals surface area contributed by atoms with Crippen molar-refractivity contribution >= 4 is 114 Å². The normalized spacial score (nSPS) is 14.1. The molecule has 7 aromatic carbocycles. The van der Waals surface area contributed by atoms with E-state index in [0.717, 1.165) is 116 Å². The standard InChI is InChI=1S/C42H35ClN4O4.C34H29ClN4O2.C3H9ISi.CH2Cl2/c43-35-14-12-30(13-15-35)39-25-34-23-33-24-36(45-19-21-46(22-20-45)42(49)50-28-29-7-2-1-3-8-29)16-17-38(33)47(41(48)40(34)51-39)27-32-9-4-5-11-37(32)31-10-6-18-44-26-31;35-28-9-7-23(8-10-28)32-20-27-18-26-19-29(38-16-14-36-15-17-38)11-12-31(26)39(34(40)33(27)41-32)22-25-4-1-2-6-30(25)24-5-3-13-37-21-24;1-5(2,3)4;2-1-3/h1-18,24-26H,19-23,27-28H2;1-13,19-21,36H,14-18,22H2;1-3H3;1H2.